The molecule has 4 N–H and O–H groups in total. The van der Waals surface area contributed by atoms with Crippen molar-refractivity contribution in [2.24, 2.45) is 10.8 Å². The van der Waals surface area contributed by atoms with Gasteiger partial charge in [-0.2, -0.15) is 0 Å². The van der Waals surface area contributed by atoms with Crippen molar-refractivity contribution in [3.63, 3.8) is 0 Å². The van der Waals surface area contributed by atoms with Gasteiger partial charge in [-0.1, -0.05) is 0 Å². The molecule has 0 aromatic rings. The number of rotatable bonds is 0. The number of hydrogen-bond acceptors (Lipinski definition) is 2. The molecule has 0 fully saturated rings. The third-order valence-corrected chi connectivity index (χ3v) is 0. The largest absolute Gasteiger partial charge is 0.330 e. The summed E-state index contributed by atoms with van der Waals surface area (Å²) in [5.41, 5.74) is 0. The Morgan fingerprint density at radius 2 is 1.50 bits per heavy atom. The van der Waals surface area contributed by atoms with Crippen LogP contribution in [0.3, 0.4) is 0 Å². The molecule has 0 aliphatic rings. The van der Waals surface area contributed by atoms with Crippen LogP contribution in [0.1, 0.15) is 0 Å². The first kappa shape index (κ1) is 4.43. The molecule has 0 saturated heterocycles. The Morgan fingerprint density at radius 3 is 1.50 bits per heavy atom. The minimum Gasteiger partial charge on any atom is -0.330 e. The second-order valence-electron chi connectivity index (χ2n) is 0.444. The van der Waals surface area contributed by atoms with Crippen molar-refractivity contribution < 1.29 is 0 Å². The molecular formula is H5ClN2Si. The molecule has 4 heteroatoms. The van der Waals surface area contributed by atoms with Gasteiger partial charge in [-0.25, -0.2) is 0 Å². The minimum atomic E-state index is -1.67. The second kappa shape index (κ2) is 1.72. The van der Waals surface area contributed by atoms with Gasteiger partial charge in [0.15, 0.2) is 0 Å². The fourth-order valence-corrected chi connectivity index (χ4v) is 0. The normalized spacial score (nSPS) is 9.00. The van der Waals surface area contributed by atoms with Crippen LogP contribution in [-0.4, -0.2) is 8.43 Å². The van der Waals surface area contributed by atoms with E-state index in [4.69, 9.17) is 21.9 Å². The van der Waals surface area contributed by atoms with Gasteiger partial charge in [-0.3, -0.25) is 0 Å². The Bertz CT molecular complexity index is 10.8. The maximum absolute atomic E-state index is 4.97. The van der Waals surface area contributed by atoms with Crippen LogP contribution in [0.25, 0.3) is 0 Å². The zero-order chi connectivity index (χ0) is 3.58. The highest BCUT2D eigenvalue weighted by atomic mass is 35.6. The van der Waals surface area contributed by atoms with Crippen molar-refractivity contribution in [1.82, 2.24) is 0 Å². The smallest absolute Gasteiger partial charge is 0.280 e. The van der Waals surface area contributed by atoms with Crippen LogP contribution in [0.15, 0.2) is 0 Å². The second-order valence-corrected chi connectivity index (χ2v) is 2.85. The monoisotopic (exact) mass is 96.0 g/mol. The third kappa shape index (κ3) is 27.1. The van der Waals surface area contributed by atoms with Crippen LogP contribution in [0.2, 0.25) is 0 Å². The van der Waals surface area contributed by atoms with E-state index in [0.717, 1.165) is 0 Å². The Kier molecular flexibility index (Phi) is 1.90. The average molecular weight is 96.6 g/mol. The van der Waals surface area contributed by atoms with Crippen LogP contribution >= 0.6 is 11.1 Å². The van der Waals surface area contributed by atoms with Gasteiger partial charge in [-0.15, -0.1) is 11.1 Å². The van der Waals surface area contributed by atoms with E-state index < -0.39 is 8.43 Å². The topological polar surface area (TPSA) is 52.0 Å². The van der Waals surface area contributed by atoms with Crippen LogP contribution in [0.5, 0.6) is 0 Å². The predicted molar refractivity (Wildman–Crippen MR) is 21.4 cm³/mol. The number of hydrogen-bond donors (Lipinski definition) is 2. The summed E-state index contributed by atoms with van der Waals surface area (Å²) in [6.07, 6.45) is 0. The zero-order valence-corrected chi connectivity index (χ0v) is 4.02. The molecule has 0 radical (unpaired) electrons. The van der Waals surface area contributed by atoms with Crippen LogP contribution in [0.4, 0.5) is 0 Å². The highest BCUT2D eigenvalue weighted by molar-refractivity contribution is 7.03. The van der Waals surface area contributed by atoms with Gasteiger partial charge in [-0.05, 0) is 0 Å². The first-order valence-corrected chi connectivity index (χ1v) is 3.96. The molecule has 0 aliphatic heterocycles. The number of halogens is 1. The van der Waals surface area contributed by atoms with Crippen molar-refractivity contribution in [3.05, 3.63) is 0 Å². The summed E-state index contributed by atoms with van der Waals surface area (Å²) < 4.78 is 0. The summed E-state index contributed by atoms with van der Waals surface area (Å²) >= 11 is 4.97. The molecule has 2 nitrogen and oxygen atoms in total. The fourth-order valence-electron chi connectivity index (χ4n) is 0. The van der Waals surface area contributed by atoms with Gasteiger partial charge < -0.3 is 10.8 Å². The standard InChI is InChI=1S/ClH5N2Si/c1-4(2)3/h4H,2-3H2. The van der Waals surface area contributed by atoms with Crippen molar-refractivity contribution >= 4 is 19.5 Å². The SMILES string of the molecule is N[SiH](N)Cl. The molecule has 0 amide bonds. The molecule has 0 saturated carbocycles. The van der Waals surface area contributed by atoms with Crippen LogP contribution in [-0.2, 0) is 0 Å². The third-order valence-electron chi connectivity index (χ3n) is 0. The molecule has 0 aliphatic carbocycles. The van der Waals surface area contributed by atoms with Crippen molar-refractivity contribution in [3.8, 4) is 0 Å². The molecule has 0 unspecified atom stereocenters. The van der Waals surface area contributed by atoms with E-state index in [9.17, 15) is 0 Å². The lowest BCUT2D eigenvalue weighted by Gasteiger charge is -1.75. The van der Waals surface area contributed by atoms with Crippen molar-refractivity contribution in [2.45, 2.75) is 0 Å². The number of nitrogens with two attached hydrogens (primary N) is 2. The average Bonchev–Trinajstić information content (AvgIpc) is 0.811. The van der Waals surface area contributed by atoms with E-state index in [-0.39, 0.29) is 0 Å². The van der Waals surface area contributed by atoms with E-state index in [2.05, 4.69) is 0 Å². The quantitative estimate of drug-likeness (QED) is 0.296. The van der Waals surface area contributed by atoms with E-state index in [0.29, 0.717) is 0 Å². The molecule has 0 aromatic heterocycles. The predicted octanol–water partition coefficient (Wildman–Crippen LogP) is -1.14. The molecule has 0 heterocycles. The first-order chi connectivity index (χ1) is 1.73. The Balaban J connectivity index is 2.32. The molecule has 0 aromatic carbocycles. The van der Waals surface area contributed by atoms with E-state index in [1.54, 1.807) is 0 Å². The summed E-state index contributed by atoms with van der Waals surface area (Å²) in [7, 11) is -1.67. The van der Waals surface area contributed by atoms with Gasteiger partial charge in [0, 0.05) is 0 Å². The maximum Gasteiger partial charge on any atom is 0.280 e. The highest BCUT2D eigenvalue weighted by Gasteiger charge is 1.76. The Labute approximate surface area is 31.2 Å². The Hall–Kier alpha value is 0.427. The zero-order valence-electron chi connectivity index (χ0n) is 2.11. The maximum atomic E-state index is 4.97. The van der Waals surface area contributed by atoms with Gasteiger partial charge in [0.1, 0.15) is 0 Å². The summed E-state index contributed by atoms with van der Waals surface area (Å²) in [5.74, 6) is 0. The van der Waals surface area contributed by atoms with E-state index in [1.165, 1.54) is 0 Å². The van der Waals surface area contributed by atoms with Gasteiger partial charge in [0.25, 0.3) is 8.43 Å². The summed E-state index contributed by atoms with van der Waals surface area (Å²) in [4.78, 5) is 0. The molecule has 26 valence electrons. The Morgan fingerprint density at radius 1 is 1.50 bits per heavy atom. The molecule has 0 spiro atoms. The lowest BCUT2D eigenvalue weighted by atomic mass is 13.9. The minimum absolute atomic E-state index is 1.67. The van der Waals surface area contributed by atoms with Crippen LogP contribution in [0, 0.1) is 0 Å². The van der Waals surface area contributed by atoms with Gasteiger partial charge in [0.05, 0.1) is 0 Å². The van der Waals surface area contributed by atoms with Crippen molar-refractivity contribution in [1.29, 1.82) is 0 Å². The summed E-state index contributed by atoms with van der Waals surface area (Å²) in [5, 5.41) is 9.59. The lowest BCUT2D eigenvalue weighted by molar-refractivity contribution is 1.73. The molecular weight excluding hydrogens is 91.6 g/mol. The van der Waals surface area contributed by atoms with Gasteiger partial charge >= 0.3 is 0 Å². The summed E-state index contributed by atoms with van der Waals surface area (Å²) in [6, 6.07) is 0. The molecule has 0 bridgehead atoms. The fraction of sp³-hybridized carbons (Fsp3) is 0. The van der Waals surface area contributed by atoms with Gasteiger partial charge in [0.2, 0.25) is 0 Å². The van der Waals surface area contributed by atoms with E-state index >= 15 is 0 Å². The molecule has 0 atom stereocenters. The van der Waals surface area contributed by atoms with Crippen LogP contribution < -0.4 is 10.8 Å². The lowest BCUT2D eigenvalue weighted by Crippen LogP contribution is -2.29. The van der Waals surface area contributed by atoms with E-state index in [1.807, 2.05) is 0 Å². The van der Waals surface area contributed by atoms with Crippen molar-refractivity contribution in [2.75, 3.05) is 0 Å². The molecule has 0 rings (SSSR count). The highest BCUT2D eigenvalue weighted by Crippen LogP contribution is 1.55. The molecule has 4 heavy (non-hydrogen) atoms. The summed E-state index contributed by atoms with van der Waals surface area (Å²) in [6.45, 7) is 0. The first-order valence-electron chi connectivity index (χ1n) is 0.885.